The number of hydrogen-bond donors (Lipinski definition) is 1. The van der Waals surface area contributed by atoms with Crippen molar-refractivity contribution in [3.63, 3.8) is 0 Å². The highest BCUT2D eigenvalue weighted by Crippen LogP contribution is 2.24. The minimum absolute atomic E-state index is 0.000556. The molecule has 1 fully saturated rings. The highest BCUT2D eigenvalue weighted by Gasteiger charge is 2.29. The molecule has 0 bridgehead atoms. The van der Waals surface area contributed by atoms with Crippen LogP contribution in [0.15, 0.2) is 30.3 Å². The Balaban J connectivity index is 1.94. The van der Waals surface area contributed by atoms with Crippen LogP contribution in [0.1, 0.15) is 36.7 Å². The minimum atomic E-state index is -0.309. The molecule has 2 amide bonds. The summed E-state index contributed by atoms with van der Waals surface area (Å²) in [4.78, 5) is 26.2. The van der Waals surface area contributed by atoms with Gasteiger partial charge >= 0.3 is 0 Å². The van der Waals surface area contributed by atoms with Gasteiger partial charge in [0, 0.05) is 30.5 Å². The third kappa shape index (κ3) is 2.96. The van der Waals surface area contributed by atoms with E-state index in [1.807, 2.05) is 30.3 Å². The zero-order valence-corrected chi connectivity index (χ0v) is 13.5. The van der Waals surface area contributed by atoms with Crippen molar-refractivity contribution in [1.82, 2.24) is 9.47 Å². The number of carbonyl (C=O) groups is 2. The molecule has 2 aromatic rings. The normalized spacial score (nSPS) is 18.3. The second kappa shape index (κ2) is 6.44. The van der Waals surface area contributed by atoms with Crippen molar-refractivity contribution in [3.05, 3.63) is 36.0 Å². The van der Waals surface area contributed by atoms with Gasteiger partial charge in [0.15, 0.2) is 0 Å². The summed E-state index contributed by atoms with van der Waals surface area (Å²) < 4.78 is 2.09. The van der Waals surface area contributed by atoms with Crippen molar-refractivity contribution in [3.8, 4) is 0 Å². The van der Waals surface area contributed by atoms with E-state index in [1.54, 1.807) is 4.90 Å². The first kappa shape index (κ1) is 15.6. The number of likely N-dealkylation sites (tertiary alicyclic amines) is 1. The van der Waals surface area contributed by atoms with Gasteiger partial charge in [-0.05, 0) is 31.4 Å². The zero-order valence-electron chi connectivity index (χ0n) is 13.5. The van der Waals surface area contributed by atoms with Gasteiger partial charge in [0.2, 0.25) is 5.91 Å². The first-order chi connectivity index (χ1) is 11.1. The van der Waals surface area contributed by atoms with Crippen LogP contribution >= 0.6 is 0 Å². The fourth-order valence-electron chi connectivity index (χ4n) is 3.41. The second-order valence-electron chi connectivity index (χ2n) is 6.23. The van der Waals surface area contributed by atoms with Crippen LogP contribution in [0.4, 0.5) is 0 Å². The lowest BCUT2D eigenvalue weighted by Crippen LogP contribution is -2.44. The van der Waals surface area contributed by atoms with E-state index in [9.17, 15) is 9.59 Å². The van der Waals surface area contributed by atoms with Crippen LogP contribution < -0.4 is 5.73 Å². The second-order valence-corrected chi connectivity index (χ2v) is 6.23. The smallest absolute Gasteiger partial charge is 0.270 e. The fraction of sp³-hybridized carbons (Fsp3) is 0.444. The molecule has 1 aromatic carbocycles. The third-order valence-electron chi connectivity index (χ3n) is 4.59. The maximum absolute atomic E-state index is 13.0. The van der Waals surface area contributed by atoms with Crippen LogP contribution in [0.5, 0.6) is 0 Å². The van der Waals surface area contributed by atoms with E-state index in [0.29, 0.717) is 18.8 Å². The van der Waals surface area contributed by atoms with Crippen molar-refractivity contribution in [1.29, 1.82) is 0 Å². The lowest BCUT2D eigenvalue weighted by molar-refractivity contribution is -0.123. The molecule has 0 radical (unpaired) electrons. The van der Waals surface area contributed by atoms with Crippen LogP contribution in [-0.4, -0.2) is 34.4 Å². The molecule has 2 N–H and O–H groups in total. The fourth-order valence-corrected chi connectivity index (χ4v) is 3.41. The number of aryl methyl sites for hydroxylation is 1. The van der Waals surface area contributed by atoms with E-state index < -0.39 is 0 Å². The number of carbonyl (C=O) groups excluding carboxylic acids is 2. The Morgan fingerprint density at radius 3 is 2.83 bits per heavy atom. The van der Waals surface area contributed by atoms with Crippen LogP contribution in [0, 0.1) is 5.92 Å². The van der Waals surface area contributed by atoms with E-state index in [-0.39, 0.29) is 17.7 Å². The number of primary amides is 1. The molecule has 0 saturated carbocycles. The molecule has 2 heterocycles. The van der Waals surface area contributed by atoms with Crippen LogP contribution in [0.3, 0.4) is 0 Å². The summed E-state index contributed by atoms with van der Waals surface area (Å²) in [6, 6.07) is 10.0. The number of para-hydroxylation sites is 1. The van der Waals surface area contributed by atoms with Gasteiger partial charge < -0.3 is 15.2 Å². The molecule has 1 aliphatic heterocycles. The number of nitrogens with zero attached hydrogens (tertiary/aromatic N) is 2. The highest BCUT2D eigenvalue weighted by atomic mass is 16.2. The molecular weight excluding hydrogens is 290 g/mol. The number of fused-ring (bicyclic) bond motifs is 1. The Morgan fingerprint density at radius 2 is 2.09 bits per heavy atom. The van der Waals surface area contributed by atoms with E-state index in [1.165, 1.54) is 0 Å². The first-order valence-corrected chi connectivity index (χ1v) is 8.28. The summed E-state index contributed by atoms with van der Waals surface area (Å²) in [5, 5.41) is 1.08. The van der Waals surface area contributed by atoms with Crippen LogP contribution in [0.25, 0.3) is 10.9 Å². The van der Waals surface area contributed by atoms with E-state index in [2.05, 4.69) is 11.5 Å². The van der Waals surface area contributed by atoms with E-state index in [4.69, 9.17) is 5.73 Å². The van der Waals surface area contributed by atoms with Gasteiger partial charge in [0.25, 0.3) is 5.91 Å². The lowest BCUT2D eigenvalue weighted by atomic mass is 9.97. The highest BCUT2D eigenvalue weighted by molar-refractivity contribution is 5.99. The predicted molar refractivity (Wildman–Crippen MR) is 90.1 cm³/mol. The van der Waals surface area contributed by atoms with Crippen molar-refractivity contribution < 1.29 is 9.59 Å². The molecule has 1 aromatic heterocycles. The maximum atomic E-state index is 13.0. The van der Waals surface area contributed by atoms with Crippen molar-refractivity contribution >= 4 is 22.7 Å². The van der Waals surface area contributed by atoms with Crippen molar-refractivity contribution in [2.24, 2.45) is 11.7 Å². The summed E-state index contributed by atoms with van der Waals surface area (Å²) in [5.74, 6) is -0.533. The quantitative estimate of drug-likeness (QED) is 0.941. The van der Waals surface area contributed by atoms with Gasteiger partial charge in [0.1, 0.15) is 5.69 Å². The van der Waals surface area contributed by atoms with Gasteiger partial charge in [-0.1, -0.05) is 25.1 Å². The third-order valence-corrected chi connectivity index (χ3v) is 4.59. The molecule has 1 aliphatic rings. The van der Waals surface area contributed by atoms with Gasteiger partial charge in [0.05, 0.1) is 5.92 Å². The van der Waals surface area contributed by atoms with Gasteiger partial charge in [-0.3, -0.25) is 9.59 Å². The average molecular weight is 313 g/mol. The zero-order chi connectivity index (χ0) is 16.4. The number of aromatic nitrogens is 1. The van der Waals surface area contributed by atoms with Gasteiger partial charge in [-0.15, -0.1) is 0 Å². The molecule has 5 nitrogen and oxygen atoms in total. The first-order valence-electron chi connectivity index (χ1n) is 8.28. The Hall–Kier alpha value is -2.30. The number of nitrogens with two attached hydrogens (primary N) is 1. The molecule has 3 rings (SSSR count). The molecule has 23 heavy (non-hydrogen) atoms. The summed E-state index contributed by atoms with van der Waals surface area (Å²) in [6.45, 7) is 4.03. The summed E-state index contributed by atoms with van der Waals surface area (Å²) in [6.07, 6.45) is 2.56. The summed E-state index contributed by atoms with van der Waals surface area (Å²) in [5.41, 5.74) is 7.22. The summed E-state index contributed by atoms with van der Waals surface area (Å²) >= 11 is 0. The Labute approximate surface area is 136 Å². The number of hydrogen-bond acceptors (Lipinski definition) is 2. The Kier molecular flexibility index (Phi) is 4.37. The molecular formula is C18H23N3O2. The number of rotatable bonds is 4. The molecule has 5 heteroatoms. The molecule has 122 valence electrons. The largest absolute Gasteiger partial charge is 0.369 e. The maximum Gasteiger partial charge on any atom is 0.270 e. The molecule has 0 spiro atoms. The van der Waals surface area contributed by atoms with Crippen LogP contribution in [-0.2, 0) is 11.3 Å². The molecule has 1 atom stereocenters. The van der Waals surface area contributed by atoms with E-state index >= 15 is 0 Å². The number of piperidine rings is 1. The Morgan fingerprint density at radius 1 is 1.30 bits per heavy atom. The lowest BCUT2D eigenvalue weighted by Gasteiger charge is -2.31. The SMILES string of the molecule is CCCn1c(C(=O)N2CCCC(C(N)=O)C2)cc2ccccc21. The molecule has 1 saturated heterocycles. The average Bonchev–Trinajstić information content (AvgIpc) is 2.93. The standard InChI is InChI=1S/C18H23N3O2/c1-2-9-21-15-8-4-3-6-13(15)11-16(21)18(23)20-10-5-7-14(12-20)17(19)22/h3-4,6,8,11,14H,2,5,7,9-10,12H2,1H3,(H2,19,22). The van der Waals surface area contributed by atoms with Crippen LogP contribution in [0.2, 0.25) is 0 Å². The topological polar surface area (TPSA) is 68.3 Å². The number of benzene rings is 1. The van der Waals surface area contributed by atoms with Gasteiger partial charge in [-0.2, -0.15) is 0 Å². The minimum Gasteiger partial charge on any atom is -0.369 e. The van der Waals surface area contributed by atoms with Crippen molar-refractivity contribution in [2.45, 2.75) is 32.7 Å². The summed E-state index contributed by atoms with van der Waals surface area (Å²) in [7, 11) is 0. The molecule has 1 unspecified atom stereocenters. The predicted octanol–water partition coefficient (Wildman–Crippen LogP) is 2.39. The van der Waals surface area contributed by atoms with Crippen molar-refractivity contribution in [2.75, 3.05) is 13.1 Å². The number of amides is 2. The Bertz CT molecular complexity index is 735. The van der Waals surface area contributed by atoms with E-state index in [0.717, 1.165) is 36.7 Å². The monoisotopic (exact) mass is 313 g/mol. The van der Waals surface area contributed by atoms with Gasteiger partial charge in [-0.25, -0.2) is 0 Å². The molecule has 0 aliphatic carbocycles.